The molecule has 1 aliphatic heterocycles. The second-order valence-electron chi connectivity index (χ2n) is 8.15. The highest BCUT2D eigenvalue weighted by Crippen LogP contribution is 2.37. The summed E-state index contributed by atoms with van der Waals surface area (Å²) in [5, 5.41) is 10.3. The van der Waals surface area contributed by atoms with Gasteiger partial charge in [0.1, 0.15) is 4.90 Å². The maximum atomic E-state index is 13.3. The second kappa shape index (κ2) is 8.55. The first-order valence-electron chi connectivity index (χ1n) is 10.6. The maximum absolute atomic E-state index is 13.3. The summed E-state index contributed by atoms with van der Waals surface area (Å²) in [5.41, 5.74) is 2.57. The fourth-order valence-electron chi connectivity index (χ4n) is 4.60. The van der Waals surface area contributed by atoms with E-state index in [0.717, 1.165) is 22.2 Å². The molecule has 0 amide bonds. The molecule has 0 saturated carbocycles. The molecule has 9 heteroatoms. The molecule has 0 bridgehead atoms. The molecule has 2 atom stereocenters. The SMILES string of the molecule is CCOc1ccc(S(=O)(=O)N2C[C@@H](C)[C@@H](n3c(C)c(CC(=O)O)c4ccccc43)C2)cn1. The number of carbonyl (C=O) groups is 1. The van der Waals surface area contributed by atoms with Crippen molar-refractivity contribution in [2.24, 2.45) is 5.92 Å². The second-order valence-corrected chi connectivity index (χ2v) is 10.1. The van der Waals surface area contributed by atoms with Crippen LogP contribution in [0, 0.1) is 12.8 Å². The highest BCUT2D eigenvalue weighted by Gasteiger charge is 2.39. The summed E-state index contributed by atoms with van der Waals surface area (Å²) in [7, 11) is -3.71. The molecule has 1 N–H and O–H groups in total. The molecule has 2 aromatic heterocycles. The zero-order valence-corrected chi connectivity index (χ0v) is 19.2. The van der Waals surface area contributed by atoms with Crippen LogP contribution in [-0.2, 0) is 21.2 Å². The lowest BCUT2D eigenvalue weighted by Crippen LogP contribution is -2.29. The van der Waals surface area contributed by atoms with Crippen LogP contribution in [0.15, 0.2) is 47.5 Å². The van der Waals surface area contributed by atoms with Crippen molar-refractivity contribution in [1.82, 2.24) is 13.9 Å². The number of aromatic nitrogens is 2. The standard InChI is InChI=1S/C23H27N3O5S/c1-4-31-22-10-9-17(12-24-22)32(29,30)25-13-15(2)21(14-25)26-16(3)19(11-23(27)28)18-7-5-6-8-20(18)26/h5-10,12,15,21H,4,11,13-14H2,1-3H3,(H,27,28)/t15-,21+/m1/s1. The molecule has 8 nitrogen and oxygen atoms in total. The number of hydrogen-bond acceptors (Lipinski definition) is 5. The van der Waals surface area contributed by atoms with Gasteiger partial charge in [-0.1, -0.05) is 25.1 Å². The number of aliphatic carboxylic acids is 1. The Kier molecular flexibility index (Phi) is 5.96. The lowest BCUT2D eigenvalue weighted by Gasteiger charge is -2.21. The molecule has 0 spiro atoms. The number of hydrogen-bond donors (Lipinski definition) is 1. The topological polar surface area (TPSA) is 102 Å². The van der Waals surface area contributed by atoms with E-state index in [2.05, 4.69) is 9.55 Å². The Balaban J connectivity index is 1.68. The van der Waals surface area contributed by atoms with Crippen LogP contribution in [0.25, 0.3) is 10.9 Å². The third-order valence-electron chi connectivity index (χ3n) is 6.12. The van der Waals surface area contributed by atoms with Gasteiger partial charge >= 0.3 is 5.97 Å². The van der Waals surface area contributed by atoms with Crippen LogP contribution in [-0.4, -0.2) is 53.0 Å². The molecule has 0 radical (unpaired) electrons. The molecule has 3 heterocycles. The summed E-state index contributed by atoms with van der Waals surface area (Å²) in [6, 6.07) is 10.7. The Morgan fingerprint density at radius 2 is 1.97 bits per heavy atom. The van der Waals surface area contributed by atoms with Crippen LogP contribution < -0.4 is 4.74 Å². The van der Waals surface area contributed by atoms with Gasteiger partial charge in [0.25, 0.3) is 0 Å². The van der Waals surface area contributed by atoms with E-state index >= 15 is 0 Å². The Morgan fingerprint density at radius 1 is 1.22 bits per heavy atom. The van der Waals surface area contributed by atoms with Crippen molar-refractivity contribution in [2.75, 3.05) is 19.7 Å². The highest BCUT2D eigenvalue weighted by atomic mass is 32.2. The van der Waals surface area contributed by atoms with Gasteiger partial charge in [0.2, 0.25) is 15.9 Å². The van der Waals surface area contributed by atoms with Crippen LogP contribution >= 0.6 is 0 Å². The van der Waals surface area contributed by atoms with E-state index in [1.807, 2.05) is 45.0 Å². The van der Waals surface area contributed by atoms with Crippen LogP contribution in [0.3, 0.4) is 0 Å². The first kappa shape index (κ1) is 22.3. The van der Waals surface area contributed by atoms with Crippen LogP contribution in [0.1, 0.15) is 31.1 Å². The molecule has 0 aliphatic carbocycles. The van der Waals surface area contributed by atoms with E-state index in [0.29, 0.717) is 25.6 Å². The Labute approximate surface area is 187 Å². The van der Waals surface area contributed by atoms with Gasteiger partial charge in [-0.2, -0.15) is 4.31 Å². The maximum Gasteiger partial charge on any atom is 0.307 e. The van der Waals surface area contributed by atoms with E-state index < -0.39 is 16.0 Å². The van der Waals surface area contributed by atoms with E-state index in [4.69, 9.17) is 4.74 Å². The summed E-state index contributed by atoms with van der Waals surface area (Å²) in [4.78, 5) is 15.7. The van der Waals surface area contributed by atoms with Crippen LogP contribution in [0.4, 0.5) is 0 Å². The van der Waals surface area contributed by atoms with Gasteiger partial charge in [0.05, 0.1) is 25.3 Å². The number of sulfonamides is 1. The number of fused-ring (bicyclic) bond motifs is 1. The molecule has 3 aromatic rings. The van der Waals surface area contributed by atoms with E-state index in [1.54, 1.807) is 6.07 Å². The Morgan fingerprint density at radius 3 is 2.62 bits per heavy atom. The van der Waals surface area contributed by atoms with Gasteiger partial charge < -0.3 is 14.4 Å². The Hall–Kier alpha value is -2.91. The largest absolute Gasteiger partial charge is 0.481 e. The number of carboxylic acids is 1. The van der Waals surface area contributed by atoms with Gasteiger partial charge in [0, 0.05) is 35.8 Å². The molecular weight excluding hydrogens is 430 g/mol. The number of pyridine rings is 1. The fraction of sp³-hybridized carbons (Fsp3) is 0.391. The van der Waals surface area contributed by atoms with Gasteiger partial charge in [-0.3, -0.25) is 4.79 Å². The minimum Gasteiger partial charge on any atom is -0.481 e. The Bertz CT molecular complexity index is 1250. The average molecular weight is 458 g/mol. The molecule has 0 unspecified atom stereocenters. The highest BCUT2D eigenvalue weighted by molar-refractivity contribution is 7.89. The molecular formula is C23H27N3O5S. The van der Waals surface area contributed by atoms with Crippen molar-refractivity contribution in [2.45, 2.75) is 38.1 Å². The predicted octanol–water partition coefficient (Wildman–Crippen LogP) is 3.25. The lowest BCUT2D eigenvalue weighted by molar-refractivity contribution is -0.136. The zero-order valence-electron chi connectivity index (χ0n) is 18.4. The predicted molar refractivity (Wildman–Crippen MR) is 120 cm³/mol. The van der Waals surface area contributed by atoms with Crippen molar-refractivity contribution in [3.8, 4) is 5.88 Å². The molecule has 1 saturated heterocycles. The molecule has 1 fully saturated rings. The quantitative estimate of drug-likeness (QED) is 0.584. The van der Waals surface area contributed by atoms with E-state index in [9.17, 15) is 18.3 Å². The van der Waals surface area contributed by atoms with Crippen molar-refractivity contribution >= 4 is 26.9 Å². The van der Waals surface area contributed by atoms with Gasteiger partial charge in [-0.15, -0.1) is 0 Å². The number of rotatable bonds is 7. The first-order chi connectivity index (χ1) is 15.2. The molecule has 1 aromatic carbocycles. The summed E-state index contributed by atoms with van der Waals surface area (Å²) < 4.78 is 35.5. The smallest absolute Gasteiger partial charge is 0.307 e. The molecule has 1 aliphatic rings. The minimum absolute atomic E-state index is 0.0487. The van der Waals surface area contributed by atoms with E-state index in [-0.39, 0.29) is 23.3 Å². The summed E-state index contributed by atoms with van der Waals surface area (Å²) in [5.74, 6) is -0.449. The van der Waals surface area contributed by atoms with Crippen molar-refractivity contribution in [1.29, 1.82) is 0 Å². The van der Waals surface area contributed by atoms with Crippen molar-refractivity contribution in [3.63, 3.8) is 0 Å². The normalized spacial score (nSPS) is 19.5. The fourth-order valence-corrected chi connectivity index (χ4v) is 6.11. The number of nitrogens with zero attached hydrogens (tertiary/aromatic N) is 3. The summed E-state index contributed by atoms with van der Waals surface area (Å²) in [6.07, 6.45) is 1.26. The number of benzene rings is 1. The average Bonchev–Trinajstić information content (AvgIpc) is 3.26. The third kappa shape index (κ3) is 3.86. The van der Waals surface area contributed by atoms with Gasteiger partial charge in [0.15, 0.2) is 0 Å². The zero-order chi connectivity index (χ0) is 23.0. The number of ether oxygens (including phenoxy) is 1. The summed E-state index contributed by atoms with van der Waals surface area (Å²) >= 11 is 0. The number of carboxylic acid groups (broad SMARTS) is 1. The number of para-hydroxylation sites is 1. The van der Waals surface area contributed by atoms with Crippen molar-refractivity contribution < 1.29 is 23.1 Å². The third-order valence-corrected chi connectivity index (χ3v) is 7.94. The molecule has 32 heavy (non-hydrogen) atoms. The van der Waals surface area contributed by atoms with Gasteiger partial charge in [-0.05, 0) is 37.5 Å². The monoisotopic (exact) mass is 457 g/mol. The van der Waals surface area contributed by atoms with Gasteiger partial charge in [-0.25, -0.2) is 13.4 Å². The molecule has 170 valence electrons. The lowest BCUT2D eigenvalue weighted by atomic mass is 10.1. The minimum atomic E-state index is -3.71. The van der Waals surface area contributed by atoms with E-state index in [1.165, 1.54) is 16.6 Å². The van der Waals surface area contributed by atoms with Crippen LogP contribution in [0.2, 0.25) is 0 Å². The van der Waals surface area contributed by atoms with Crippen LogP contribution in [0.5, 0.6) is 5.88 Å². The van der Waals surface area contributed by atoms with Crippen molar-refractivity contribution in [3.05, 3.63) is 53.9 Å². The summed E-state index contributed by atoms with van der Waals surface area (Å²) in [6.45, 7) is 6.93. The first-order valence-corrected chi connectivity index (χ1v) is 12.1. The molecule has 4 rings (SSSR count).